The van der Waals surface area contributed by atoms with Crippen molar-refractivity contribution >= 4 is 35.8 Å². The second-order valence-corrected chi connectivity index (χ2v) is 4.74. The van der Waals surface area contributed by atoms with E-state index in [1.54, 1.807) is 20.8 Å². The normalized spacial score (nSPS) is 12.6. The summed E-state index contributed by atoms with van der Waals surface area (Å²) in [4.78, 5) is 15.2. The molecule has 9 heteroatoms. The molecule has 0 bridgehead atoms. The van der Waals surface area contributed by atoms with Gasteiger partial charge in [0, 0.05) is 13.1 Å². The standard InChI is InChI=1S/C11H21F3N4O.HI/c1-4-16-9(17-6-5-11(12,13)14)18-7-10(2,3)8(15)19;/h4-7H2,1-3H3,(H2,15,19)(H2,16,17,18);1H. The average molecular weight is 410 g/mol. The van der Waals surface area contributed by atoms with Crippen LogP contribution in [0.25, 0.3) is 0 Å². The van der Waals surface area contributed by atoms with Crippen molar-refractivity contribution in [3.8, 4) is 0 Å². The Morgan fingerprint density at radius 3 is 2.20 bits per heavy atom. The summed E-state index contributed by atoms with van der Waals surface area (Å²) >= 11 is 0. The van der Waals surface area contributed by atoms with Gasteiger partial charge in [0.15, 0.2) is 5.96 Å². The van der Waals surface area contributed by atoms with Gasteiger partial charge in [-0.15, -0.1) is 24.0 Å². The third kappa shape index (κ3) is 10.1. The molecule has 0 spiro atoms. The number of carbonyl (C=O) groups excluding carboxylic acids is 1. The Labute approximate surface area is 134 Å². The first-order chi connectivity index (χ1) is 8.58. The van der Waals surface area contributed by atoms with Crippen molar-refractivity contribution in [2.75, 3.05) is 19.6 Å². The molecule has 0 atom stereocenters. The maximum Gasteiger partial charge on any atom is 0.390 e. The molecule has 0 saturated heterocycles. The van der Waals surface area contributed by atoms with E-state index in [0.717, 1.165) is 0 Å². The summed E-state index contributed by atoms with van der Waals surface area (Å²) < 4.78 is 36.0. The Bertz CT molecular complexity index is 332. The fourth-order valence-corrected chi connectivity index (χ4v) is 1.02. The molecule has 120 valence electrons. The number of carbonyl (C=O) groups is 1. The van der Waals surface area contributed by atoms with Crippen molar-refractivity contribution in [2.45, 2.75) is 33.4 Å². The van der Waals surface area contributed by atoms with Gasteiger partial charge in [0.25, 0.3) is 0 Å². The van der Waals surface area contributed by atoms with E-state index in [-0.39, 0.29) is 43.0 Å². The quantitative estimate of drug-likeness (QED) is 0.354. The monoisotopic (exact) mass is 410 g/mol. The van der Waals surface area contributed by atoms with E-state index in [4.69, 9.17) is 5.73 Å². The molecule has 0 aromatic rings. The molecule has 0 rings (SSSR count). The lowest BCUT2D eigenvalue weighted by Gasteiger charge is -2.19. The summed E-state index contributed by atoms with van der Waals surface area (Å²) in [7, 11) is 0. The lowest BCUT2D eigenvalue weighted by molar-refractivity contribution is -0.132. The zero-order valence-electron chi connectivity index (χ0n) is 11.8. The second-order valence-electron chi connectivity index (χ2n) is 4.74. The van der Waals surface area contributed by atoms with E-state index in [9.17, 15) is 18.0 Å². The predicted octanol–water partition coefficient (Wildman–Crippen LogP) is 1.62. The van der Waals surface area contributed by atoms with Crippen LogP contribution in [-0.2, 0) is 4.79 Å². The van der Waals surface area contributed by atoms with E-state index < -0.39 is 23.9 Å². The van der Waals surface area contributed by atoms with Crippen LogP contribution in [0.2, 0.25) is 0 Å². The Kier molecular flexibility index (Phi) is 9.96. The fraction of sp³-hybridized carbons (Fsp3) is 0.818. The molecule has 0 unspecified atom stereocenters. The zero-order chi connectivity index (χ0) is 15.1. The number of guanidine groups is 1. The smallest absolute Gasteiger partial charge is 0.369 e. The molecule has 0 radical (unpaired) electrons. The number of nitrogens with one attached hydrogen (secondary N) is 2. The Hall–Kier alpha value is -0.740. The number of aliphatic imine (C=N–C) groups is 1. The molecule has 0 aliphatic heterocycles. The van der Waals surface area contributed by atoms with Gasteiger partial charge in [0.2, 0.25) is 5.91 Å². The molecule has 0 saturated carbocycles. The number of nitrogens with two attached hydrogens (primary N) is 1. The van der Waals surface area contributed by atoms with Crippen LogP contribution in [0.15, 0.2) is 4.99 Å². The van der Waals surface area contributed by atoms with Crippen LogP contribution in [0.3, 0.4) is 0 Å². The number of primary amides is 1. The molecular formula is C11H22F3IN4O. The molecule has 5 nitrogen and oxygen atoms in total. The minimum atomic E-state index is -4.21. The van der Waals surface area contributed by atoms with Gasteiger partial charge in [-0.1, -0.05) is 0 Å². The number of hydrogen-bond acceptors (Lipinski definition) is 2. The maximum absolute atomic E-state index is 12.0. The van der Waals surface area contributed by atoms with Crippen molar-refractivity contribution in [3.05, 3.63) is 0 Å². The van der Waals surface area contributed by atoms with E-state index >= 15 is 0 Å². The van der Waals surface area contributed by atoms with Crippen molar-refractivity contribution in [3.63, 3.8) is 0 Å². The number of rotatable bonds is 6. The number of hydrogen-bond donors (Lipinski definition) is 3. The van der Waals surface area contributed by atoms with Crippen LogP contribution in [-0.4, -0.2) is 37.7 Å². The summed E-state index contributed by atoms with van der Waals surface area (Å²) in [6.45, 7) is 5.38. The first-order valence-corrected chi connectivity index (χ1v) is 5.97. The highest BCUT2D eigenvalue weighted by atomic mass is 127. The van der Waals surface area contributed by atoms with Gasteiger partial charge in [-0.25, -0.2) is 0 Å². The van der Waals surface area contributed by atoms with E-state index in [2.05, 4.69) is 15.6 Å². The number of halogens is 4. The molecule has 0 fully saturated rings. The molecule has 20 heavy (non-hydrogen) atoms. The van der Waals surface area contributed by atoms with Gasteiger partial charge in [-0.05, 0) is 20.8 Å². The van der Waals surface area contributed by atoms with Crippen LogP contribution < -0.4 is 16.4 Å². The van der Waals surface area contributed by atoms with Gasteiger partial charge in [-0.2, -0.15) is 13.2 Å². The molecule has 4 N–H and O–H groups in total. The van der Waals surface area contributed by atoms with E-state index in [0.29, 0.717) is 6.54 Å². The second kappa shape index (κ2) is 9.24. The zero-order valence-corrected chi connectivity index (χ0v) is 14.1. The molecule has 0 heterocycles. The summed E-state index contributed by atoms with van der Waals surface area (Å²) in [6.07, 6.45) is -5.16. The van der Waals surface area contributed by atoms with Crippen LogP contribution in [0.1, 0.15) is 27.2 Å². The SMILES string of the molecule is CCNC(=NCC(C)(C)C(N)=O)NCCC(F)(F)F.I. The molecule has 0 aliphatic carbocycles. The maximum atomic E-state index is 12.0. The Morgan fingerprint density at radius 1 is 1.25 bits per heavy atom. The Balaban J connectivity index is 0. The van der Waals surface area contributed by atoms with Gasteiger partial charge < -0.3 is 16.4 Å². The Morgan fingerprint density at radius 2 is 1.80 bits per heavy atom. The molecular weight excluding hydrogens is 388 g/mol. The molecule has 0 aromatic carbocycles. The minimum absolute atomic E-state index is 0. The van der Waals surface area contributed by atoms with Gasteiger partial charge in [0.05, 0.1) is 18.4 Å². The third-order valence-electron chi connectivity index (χ3n) is 2.34. The highest BCUT2D eigenvalue weighted by molar-refractivity contribution is 14.0. The highest BCUT2D eigenvalue weighted by Crippen LogP contribution is 2.18. The van der Waals surface area contributed by atoms with E-state index in [1.807, 2.05) is 0 Å². The highest BCUT2D eigenvalue weighted by Gasteiger charge is 2.27. The van der Waals surface area contributed by atoms with Crippen LogP contribution in [0.5, 0.6) is 0 Å². The summed E-state index contributed by atoms with van der Waals surface area (Å²) in [5.74, 6) is -0.275. The van der Waals surface area contributed by atoms with E-state index in [1.165, 1.54) is 0 Å². The van der Waals surface area contributed by atoms with Crippen LogP contribution in [0.4, 0.5) is 13.2 Å². The number of nitrogens with zero attached hydrogens (tertiary/aromatic N) is 1. The lowest BCUT2D eigenvalue weighted by Crippen LogP contribution is -2.41. The largest absolute Gasteiger partial charge is 0.390 e. The topological polar surface area (TPSA) is 79.5 Å². The fourth-order valence-electron chi connectivity index (χ4n) is 1.02. The third-order valence-corrected chi connectivity index (χ3v) is 2.34. The first-order valence-electron chi connectivity index (χ1n) is 5.97. The molecule has 1 amide bonds. The van der Waals surface area contributed by atoms with Gasteiger partial charge in [-0.3, -0.25) is 9.79 Å². The van der Waals surface area contributed by atoms with Gasteiger partial charge >= 0.3 is 6.18 Å². The lowest BCUT2D eigenvalue weighted by atomic mass is 9.93. The number of alkyl halides is 3. The average Bonchev–Trinajstić information content (AvgIpc) is 2.24. The number of amides is 1. The van der Waals surface area contributed by atoms with Crippen molar-refractivity contribution in [1.82, 2.24) is 10.6 Å². The predicted molar refractivity (Wildman–Crippen MR) is 83.0 cm³/mol. The summed E-state index contributed by atoms with van der Waals surface area (Å²) in [6, 6.07) is 0. The molecule has 0 aromatic heterocycles. The van der Waals surface area contributed by atoms with Gasteiger partial charge in [0.1, 0.15) is 0 Å². The molecule has 0 aliphatic rings. The van der Waals surface area contributed by atoms with Crippen molar-refractivity contribution < 1.29 is 18.0 Å². The van der Waals surface area contributed by atoms with Crippen molar-refractivity contribution in [1.29, 1.82) is 0 Å². The summed E-state index contributed by atoms with van der Waals surface area (Å²) in [5.41, 5.74) is 4.35. The van der Waals surface area contributed by atoms with Crippen LogP contribution >= 0.6 is 24.0 Å². The summed E-state index contributed by atoms with van der Waals surface area (Å²) in [5, 5.41) is 5.36. The minimum Gasteiger partial charge on any atom is -0.369 e. The first kappa shape index (κ1) is 21.6. The van der Waals surface area contributed by atoms with Crippen LogP contribution in [0, 0.1) is 5.41 Å². The van der Waals surface area contributed by atoms with Crippen molar-refractivity contribution in [2.24, 2.45) is 16.1 Å².